The molecule has 0 radical (unpaired) electrons. The molecule has 0 aliphatic heterocycles. The fourth-order valence-electron chi connectivity index (χ4n) is 3.00. The molecule has 1 saturated carbocycles. The van der Waals surface area contributed by atoms with Crippen LogP contribution >= 0.6 is 0 Å². The van der Waals surface area contributed by atoms with Crippen molar-refractivity contribution in [3.8, 4) is 11.4 Å². The first-order valence-electron chi connectivity index (χ1n) is 8.02. The van der Waals surface area contributed by atoms with Gasteiger partial charge in [-0.15, -0.1) is 0 Å². The molecule has 0 atom stereocenters. The topological polar surface area (TPSA) is 97.1 Å². The lowest BCUT2D eigenvalue weighted by molar-refractivity contribution is -0.142. The molecule has 1 heterocycles. The number of carbonyl (C=O) groups is 2. The highest BCUT2D eigenvalue weighted by Crippen LogP contribution is 2.24. The molecule has 126 valence electrons. The number of carbonyl (C=O) groups excluding carboxylic acids is 1. The van der Waals surface area contributed by atoms with Crippen LogP contribution in [-0.2, 0) is 11.8 Å². The van der Waals surface area contributed by atoms with Gasteiger partial charge in [0.2, 0.25) is 0 Å². The molecule has 7 nitrogen and oxygen atoms in total. The van der Waals surface area contributed by atoms with Crippen LogP contribution in [0.5, 0.6) is 0 Å². The van der Waals surface area contributed by atoms with Gasteiger partial charge in [-0.3, -0.25) is 14.3 Å². The van der Waals surface area contributed by atoms with Crippen LogP contribution in [0.2, 0.25) is 0 Å². The molecule has 0 bridgehead atoms. The Balaban J connectivity index is 1.59. The minimum Gasteiger partial charge on any atom is -0.481 e. The molecule has 7 heteroatoms. The van der Waals surface area contributed by atoms with Gasteiger partial charge in [0.25, 0.3) is 5.91 Å². The SMILES string of the molecule is Cn1cnc(-c2ccc(C(=O)NC3CCC(C(=O)O)CC3)cc2)n1. The second kappa shape index (κ2) is 6.82. The van der Waals surface area contributed by atoms with E-state index >= 15 is 0 Å². The van der Waals surface area contributed by atoms with Gasteiger partial charge in [0, 0.05) is 24.2 Å². The van der Waals surface area contributed by atoms with Gasteiger partial charge in [-0.05, 0) is 37.8 Å². The number of amides is 1. The van der Waals surface area contributed by atoms with Gasteiger partial charge in [-0.1, -0.05) is 12.1 Å². The molecule has 2 aromatic rings. The Morgan fingerprint density at radius 2 is 1.83 bits per heavy atom. The number of aromatic nitrogens is 3. The molecule has 1 amide bonds. The van der Waals surface area contributed by atoms with E-state index in [9.17, 15) is 9.59 Å². The summed E-state index contributed by atoms with van der Waals surface area (Å²) in [7, 11) is 1.80. The highest BCUT2D eigenvalue weighted by atomic mass is 16.4. The minimum atomic E-state index is -0.738. The van der Waals surface area contributed by atoms with Crippen molar-refractivity contribution in [1.29, 1.82) is 0 Å². The lowest BCUT2D eigenvalue weighted by Gasteiger charge is -2.26. The van der Waals surface area contributed by atoms with E-state index < -0.39 is 5.97 Å². The largest absolute Gasteiger partial charge is 0.481 e. The van der Waals surface area contributed by atoms with Gasteiger partial charge in [0.15, 0.2) is 5.82 Å². The number of hydrogen-bond acceptors (Lipinski definition) is 4. The van der Waals surface area contributed by atoms with E-state index in [0.29, 0.717) is 37.1 Å². The van der Waals surface area contributed by atoms with Gasteiger partial charge < -0.3 is 10.4 Å². The molecule has 2 N–H and O–H groups in total. The van der Waals surface area contributed by atoms with E-state index in [1.807, 2.05) is 12.1 Å². The summed E-state index contributed by atoms with van der Waals surface area (Å²) in [6.07, 6.45) is 4.27. The molecule has 1 fully saturated rings. The van der Waals surface area contributed by atoms with Crippen molar-refractivity contribution in [2.45, 2.75) is 31.7 Å². The molecular weight excluding hydrogens is 308 g/mol. The summed E-state index contributed by atoms with van der Waals surface area (Å²) in [4.78, 5) is 27.5. The smallest absolute Gasteiger partial charge is 0.306 e. The Bertz CT molecular complexity index is 731. The molecule has 1 aromatic carbocycles. The second-order valence-electron chi connectivity index (χ2n) is 6.18. The molecule has 0 saturated heterocycles. The van der Waals surface area contributed by atoms with Gasteiger partial charge in [0.05, 0.1) is 5.92 Å². The summed E-state index contributed by atoms with van der Waals surface area (Å²) < 4.78 is 1.63. The van der Waals surface area contributed by atoms with E-state index in [1.165, 1.54) is 0 Å². The highest BCUT2D eigenvalue weighted by molar-refractivity contribution is 5.94. The summed E-state index contributed by atoms with van der Waals surface area (Å²) >= 11 is 0. The monoisotopic (exact) mass is 328 g/mol. The maximum absolute atomic E-state index is 12.3. The Morgan fingerprint density at radius 1 is 1.17 bits per heavy atom. The first-order valence-corrected chi connectivity index (χ1v) is 8.02. The van der Waals surface area contributed by atoms with Crippen molar-refractivity contribution in [3.63, 3.8) is 0 Å². The molecule has 1 aliphatic carbocycles. The van der Waals surface area contributed by atoms with Crippen molar-refractivity contribution in [3.05, 3.63) is 36.2 Å². The van der Waals surface area contributed by atoms with Crippen molar-refractivity contribution in [2.75, 3.05) is 0 Å². The number of carboxylic acid groups (broad SMARTS) is 1. The summed E-state index contributed by atoms with van der Waals surface area (Å²) in [6.45, 7) is 0. The molecular formula is C17H20N4O3. The predicted octanol–water partition coefficient (Wildman–Crippen LogP) is 1.86. The van der Waals surface area contributed by atoms with Crippen molar-refractivity contribution in [2.24, 2.45) is 13.0 Å². The zero-order valence-electron chi connectivity index (χ0n) is 13.5. The third-order valence-electron chi connectivity index (χ3n) is 4.42. The minimum absolute atomic E-state index is 0.0465. The zero-order chi connectivity index (χ0) is 17.1. The highest BCUT2D eigenvalue weighted by Gasteiger charge is 2.26. The Morgan fingerprint density at radius 3 is 2.38 bits per heavy atom. The summed E-state index contributed by atoms with van der Waals surface area (Å²) in [6, 6.07) is 7.20. The summed E-state index contributed by atoms with van der Waals surface area (Å²) in [5.41, 5.74) is 1.43. The maximum atomic E-state index is 12.3. The number of benzene rings is 1. The van der Waals surface area contributed by atoms with Crippen LogP contribution in [0.15, 0.2) is 30.6 Å². The molecule has 0 spiro atoms. The number of rotatable bonds is 4. The zero-order valence-corrected chi connectivity index (χ0v) is 13.5. The fraction of sp³-hybridized carbons (Fsp3) is 0.412. The molecule has 24 heavy (non-hydrogen) atoms. The van der Waals surface area contributed by atoms with Crippen molar-refractivity contribution in [1.82, 2.24) is 20.1 Å². The molecule has 0 unspecified atom stereocenters. The van der Waals surface area contributed by atoms with E-state index in [4.69, 9.17) is 5.11 Å². The van der Waals surface area contributed by atoms with Crippen LogP contribution in [0, 0.1) is 5.92 Å². The van der Waals surface area contributed by atoms with Crippen molar-refractivity contribution < 1.29 is 14.7 Å². The van der Waals surface area contributed by atoms with Crippen LogP contribution in [0.3, 0.4) is 0 Å². The number of nitrogens with zero attached hydrogens (tertiary/aromatic N) is 3. The predicted molar refractivity (Wildman–Crippen MR) is 87.3 cm³/mol. The first-order chi connectivity index (χ1) is 11.5. The molecule has 1 aromatic heterocycles. The number of aryl methyl sites for hydroxylation is 1. The van der Waals surface area contributed by atoms with E-state index in [0.717, 1.165) is 5.56 Å². The molecule has 1 aliphatic rings. The van der Waals surface area contributed by atoms with Gasteiger partial charge in [-0.25, -0.2) is 4.98 Å². The van der Waals surface area contributed by atoms with Gasteiger partial charge >= 0.3 is 5.97 Å². The lowest BCUT2D eigenvalue weighted by atomic mass is 9.86. The maximum Gasteiger partial charge on any atom is 0.306 e. The van der Waals surface area contributed by atoms with E-state index in [1.54, 1.807) is 30.2 Å². The first kappa shape index (κ1) is 16.2. The number of carboxylic acids is 1. The van der Waals surface area contributed by atoms with Crippen LogP contribution < -0.4 is 5.32 Å². The summed E-state index contributed by atoms with van der Waals surface area (Å²) in [5.74, 6) is -0.521. The summed E-state index contributed by atoms with van der Waals surface area (Å²) in [5, 5.41) is 16.2. The third-order valence-corrected chi connectivity index (χ3v) is 4.42. The number of aliphatic carboxylic acids is 1. The Kier molecular flexibility index (Phi) is 4.59. The van der Waals surface area contributed by atoms with Gasteiger partial charge in [0.1, 0.15) is 6.33 Å². The molecule has 3 rings (SSSR count). The van der Waals surface area contributed by atoms with E-state index in [2.05, 4.69) is 15.4 Å². The van der Waals surface area contributed by atoms with Crippen molar-refractivity contribution >= 4 is 11.9 Å². The van der Waals surface area contributed by atoms with Crippen LogP contribution in [0.4, 0.5) is 0 Å². The Labute approximate surface area is 139 Å². The third kappa shape index (κ3) is 3.61. The van der Waals surface area contributed by atoms with Crippen LogP contribution in [-0.4, -0.2) is 37.8 Å². The average molecular weight is 328 g/mol. The van der Waals surface area contributed by atoms with Gasteiger partial charge in [-0.2, -0.15) is 5.10 Å². The fourth-order valence-corrected chi connectivity index (χ4v) is 3.00. The lowest BCUT2D eigenvalue weighted by Crippen LogP contribution is -2.38. The standard InChI is InChI=1S/C17H20N4O3/c1-21-10-18-15(20-21)11-2-4-12(5-3-11)16(22)19-14-8-6-13(7-9-14)17(23)24/h2-5,10,13-14H,6-9H2,1H3,(H,19,22)(H,23,24). The van der Waals surface area contributed by atoms with Crippen LogP contribution in [0.25, 0.3) is 11.4 Å². The Hall–Kier alpha value is -2.70. The number of nitrogens with one attached hydrogen (secondary N) is 1. The normalized spacial score (nSPS) is 20.5. The second-order valence-corrected chi connectivity index (χ2v) is 6.18. The van der Waals surface area contributed by atoms with E-state index in [-0.39, 0.29) is 17.9 Å². The average Bonchev–Trinajstić information content (AvgIpc) is 3.02. The number of hydrogen-bond donors (Lipinski definition) is 2. The quantitative estimate of drug-likeness (QED) is 0.893. The van der Waals surface area contributed by atoms with Crippen LogP contribution in [0.1, 0.15) is 36.0 Å².